The van der Waals surface area contributed by atoms with Gasteiger partial charge in [0.15, 0.2) is 0 Å². The van der Waals surface area contributed by atoms with E-state index in [0.29, 0.717) is 0 Å². The molecule has 1 unspecified atom stereocenters. The van der Waals surface area contributed by atoms with Gasteiger partial charge in [-0.2, -0.15) is 0 Å². The Balaban J connectivity index is 1.27. The summed E-state index contributed by atoms with van der Waals surface area (Å²) in [6.45, 7) is 0. The highest BCUT2D eigenvalue weighted by Gasteiger charge is 2.52. The van der Waals surface area contributed by atoms with Crippen LogP contribution in [0.5, 0.6) is 11.5 Å². The van der Waals surface area contributed by atoms with Crippen molar-refractivity contribution in [3.8, 4) is 56.0 Å². The van der Waals surface area contributed by atoms with Crippen molar-refractivity contribution in [1.29, 1.82) is 0 Å². The lowest BCUT2D eigenvalue weighted by Gasteiger charge is -2.30. The molecule has 1 heterocycles. The van der Waals surface area contributed by atoms with Gasteiger partial charge in [0.25, 0.3) is 0 Å². The van der Waals surface area contributed by atoms with Gasteiger partial charge < -0.3 is 4.74 Å². The van der Waals surface area contributed by atoms with Crippen molar-refractivity contribution in [2.75, 3.05) is 0 Å². The summed E-state index contributed by atoms with van der Waals surface area (Å²) in [5.41, 5.74) is 15.0. The Hall–Kier alpha value is -5.92. The molecule has 8 aromatic carbocycles. The third kappa shape index (κ3) is 2.83. The van der Waals surface area contributed by atoms with Gasteiger partial charge in [-0.1, -0.05) is 146 Å². The zero-order chi connectivity index (χ0) is 30.0. The summed E-state index contributed by atoms with van der Waals surface area (Å²) in [7, 11) is 0. The molecule has 1 heteroatoms. The summed E-state index contributed by atoms with van der Waals surface area (Å²) >= 11 is 0. The molecule has 0 N–H and O–H groups in total. The van der Waals surface area contributed by atoms with Crippen LogP contribution in [0.15, 0.2) is 158 Å². The Morgan fingerprint density at radius 3 is 1.80 bits per heavy atom. The Labute approximate surface area is 267 Å². The van der Waals surface area contributed by atoms with Gasteiger partial charge in [0.2, 0.25) is 0 Å². The number of benzene rings is 8. The van der Waals surface area contributed by atoms with Gasteiger partial charge in [0, 0.05) is 16.5 Å². The fraction of sp³-hybridized carbons (Fsp3) is 0.0222. The van der Waals surface area contributed by atoms with Gasteiger partial charge in [0.05, 0.1) is 5.41 Å². The van der Waals surface area contributed by atoms with Gasteiger partial charge in [-0.3, -0.25) is 0 Å². The second-order valence-electron chi connectivity index (χ2n) is 12.7. The molecule has 0 saturated heterocycles. The van der Waals surface area contributed by atoms with E-state index in [-0.39, 0.29) is 0 Å². The van der Waals surface area contributed by atoms with Crippen LogP contribution in [-0.4, -0.2) is 0 Å². The van der Waals surface area contributed by atoms with Gasteiger partial charge in [-0.15, -0.1) is 0 Å². The average Bonchev–Trinajstić information content (AvgIpc) is 3.60. The second-order valence-corrected chi connectivity index (χ2v) is 12.7. The molecule has 1 atom stereocenters. The van der Waals surface area contributed by atoms with Crippen LogP contribution in [0.2, 0.25) is 0 Å². The SMILES string of the molecule is c1ccc2c(c1)Oc1c(-c3cccc4c3-c3ccccc3C43c4ccccc4-c4c3ccc3ccccc43)ccc3cccc-2c13. The molecule has 0 saturated carbocycles. The van der Waals surface area contributed by atoms with Crippen LogP contribution >= 0.6 is 0 Å². The van der Waals surface area contributed by atoms with Crippen molar-refractivity contribution in [2.24, 2.45) is 0 Å². The summed E-state index contributed by atoms with van der Waals surface area (Å²) in [6.07, 6.45) is 0. The molecule has 0 aromatic heterocycles. The predicted octanol–water partition coefficient (Wildman–Crippen LogP) is 11.8. The monoisotopic (exact) mass is 582 g/mol. The minimum absolute atomic E-state index is 0.412. The van der Waals surface area contributed by atoms with Crippen LogP contribution in [0.3, 0.4) is 0 Å². The van der Waals surface area contributed by atoms with E-state index in [1.54, 1.807) is 0 Å². The number of fused-ring (bicyclic) bond motifs is 14. The number of para-hydroxylation sites is 1. The van der Waals surface area contributed by atoms with Crippen LogP contribution in [0.25, 0.3) is 66.1 Å². The molecule has 1 nitrogen and oxygen atoms in total. The van der Waals surface area contributed by atoms with E-state index in [1.807, 2.05) is 0 Å². The fourth-order valence-electron chi connectivity index (χ4n) is 8.96. The van der Waals surface area contributed by atoms with Crippen LogP contribution in [-0.2, 0) is 5.41 Å². The van der Waals surface area contributed by atoms with Crippen LogP contribution in [0.4, 0.5) is 0 Å². The molecular formula is C45H26O. The van der Waals surface area contributed by atoms with Crippen LogP contribution in [0.1, 0.15) is 22.3 Å². The first kappa shape index (κ1) is 24.4. The minimum Gasteiger partial charge on any atom is -0.455 e. The zero-order valence-corrected chi connectivity index (χ0v) is 24.9. The van der Waals surface area contributed by atoms with Crippen molar-refractivity contribution in [1.82, 2.24) is 0 Å². The Morgan fingerprint density at radius 2 is 0.935 bits per heavy atom. The van der Waals surface area contributed by atoms with Crippen molar-refractivity contribution < 1.29 is 4.74 Å². The maximum atomic E-state index is 6.86. The molecular weight excluding hydrogens is 556 g/mol. The van der Waals surface area contributed by atoms with E-state index in [1.165, 1.54) is 77.2 Å². The summed E-state index contributed by atoms with van der Waals surface area (Å²) in [5, 5.41) is 4.96. The molecule has 212 valence electrons. The lowest BCUT2D eigenvalue weighted by atomic mass is 9.70. The topological polar surface area (TPSA) is 9.23 Å². The fourth-order valence-corrected chi connectivity index (χ4v) is 8.96. The first-order valence-corrected chi connectivity index (χ1v) is 16.0. The number of rotatable bonds is 1. The molecule has 8 aromatic rings. The van der Waals surface area contributed by atoms with Crippen molar-refractivity contribution in [3.05, 3.63) is 180 Å². The molecule has 3 aliphatic rings. The average molecular weight is 583 g/mol. The zero-order valence-electron chi connectivity index (χ0n) is 24.9. The molecule has 2 aliphatic carbocycles. The summed E-state index contributed by atoms with van der Waals surface area (Å²) < 4.78 is 6.86. The van der Waals surface area contributed by atoms with Crippen molar-refractivity contribution in [2.45, 2.75) is 5.41 Å². The van der Waals surface area contributed by atoms with Crippen molar-refractivity contribution >= 4 is 21.5 Å². The number of ether oxygens (including phenoxy) is 1. The first-order valence-electron chi connectivity index (χ1n) is 16.0. The standard InChI is InChI=1S/C45H26O/c1-2-13-29-27(11-1)24-26-39-42(29)34-15-3-6-19-36(34)45(39)37-20-7-4-16-35(37)43-32(18-10-21-38(43)45)33-25-23-28-12-9-17-31-30-14-5-8-22-40(30)46-44(33)41(28)31/h1-26H. The van der Waals surface area contributed by atoms with Crippen LogP contribution in [0, 0.1) is 0 Å². The Bertz CT molecular complexity index is 2630. The molecule has 0 fully saturated rings. The summed E-state index contributed by atoms with van der Waals surface area (Å²) in [4.78, 5) is 0. The predicted molar refractivity (Wildman–Crippen MR) is 189 cm³/mol. The molecule has 1 spiro atoms. The highest BCUT2D eigenvalue weighted by Crippen LogP contribution is 2.65. The van der Waals surface area contributed by atoms with Gasteiger partial charge in [-0.25, -0.2) is 0 Å². The first-order chi connectivity index (χ1) is 22.8. The molecule has 1 aliphatic heterocycles. The maximum Gasteiger partial charge on any atom is 0.143 e. The molecule has 46 heavy (non-hydrogen) atoms. The summed E-state index contributed by atoms with van der Waals surface area (Å²) in [5.74, 6) is 1.85. The highest BCUT2D eigenvalue weighted by atomic mass is 16.5. The Morgan fingerprint density at radius 1 is 0.348 bits per heavy atom. The largest absolute Gasteiger partial charge is 0.455 e. The molecule has 11 rings (SSSR count). The van der Waals surface area contributed by atoms with E-state index in [0.717, 1.165) is 22.6 Å². The van der Waals surface area contributed by atoms with Gasteiger partial charge in [-0.05, 0) is 83.9 Å². The summed E-state index contributed by atoms with van der Waals surface area (Å²) in [6, 6.07) is 58.1. The third-order valence-corrected chi connectivity index (χ3v) is 10.7. The lowest BCUT2D eigenvalue weighted by Crippen LogP contribution is -2.25. The van der Waals surface area contributed by atoms with E-state index in [2.05, 4.69) is 158 Å². The Kier molecular flexibility index (Phi) is 4.57. The van der Waals surface area contributed by atoms with Crippen LogP contribution < -0.4 is 4.74 Å². The molecule has 0 radical (unpaired) electrons. The van der Waals surface area contributed by atoms with Gasteiger partial charge in [0.1, 0.15) is 11.5 Å². The number of hydrogen-bond acceptors (Lipinski definition) is 1. The minimum atomic E-state index is -0.412. The van der Waals surface area contributed by atoms with E-state index >= 15 is 0 Å². The van der Waals surface area contributed by atoms with E-state index < -0.39 is 5.41 Å². The van der Waals surface area contributed by atoms with E-state index in [4.69, 9.17) is 4.74 Å². The van der Waals surface area contributed by atoms with Gasteiger partial charge >= 0.3 is 0 Å². The number of hydrogen-bond donors (Lipinski definition) is 0. The second kappa shape index (κ2) is 8.62. The maximum absolute atomic E-state index is 6.86. The van der Waals surface area contributed by atoms with Crippen molar-refractivity contribution in [3.63, 3.8) is 0 Å². The third-order valence-electron chi connectivity index (χ3n) is 10.7. The normalized spacial score (nSPS) is 16.1. The van der Waals surface area contributed by atoms with E-state index in [9.17, 15) is 0 Å². The molecule has 0 amide bonds. The smallest absolute Gasteiger partial charge is 0.143 e. The lowest BCUT2D eigenvalue weighted by molar-refractivity contribution is 0.489. The highest BCUT2D eigenvalue weighted by molar-refractivity contribution is 6.11. The molecule has 0 bridgehead atoms. The quantitative estimate of drug-likeness (QED) is 0.187.